The van der Waals surface area contributed by atoms with Gasteiger partial charge in [0.05, 0.1) is 16.9 Å². The van der Waals surface area contributed by atoms with Crippen LogP contribution in [0.5, 0.6) is 0 Å². The summed E-state index contributed by atoms with van der Waals surface area (Å²) in [6.45, 7) is 0. The summed E-state index contributed by atoms with van der Waals surface area (Å²) >= 11 is 3.35. The number of hydrogen-bond acceptors (Lipinski definition) is 3. The van der Waals surface area contributed by atoms with Crippen LogP contribution in [-0.4, -0.2) is 10.9 Å². The summed E-state index contributed by atoms with van der Waals surface area (Å²) < 4.78 is 0.932. The lowest BCUT2D eigenvalue weighted by molar-refractivity contribution is 0.102. The van der Waals surface area contributed by atoms with Gasteiger partial charge < -0.3 is 11.1 Å². The van der Waals surface area contributed by atoms with Gasteiger partial charge in [0, 0.05) is 21.6 Å². The maximum Gasteiger partial charge on any atom is 0.255 e. The van der Waals surface area contributed by atoms with Gasteiger partial charge in [-0.3, -0.25) is 9.78 Å². The maximum absolute atomic E-state index is 12.3. The van der Waals surface area contributed by atoms with Crippen molar-refractivity contribution in [2.45, 2.75) is 0 Å². The van der Waals surface area contributed by atoms with Gasteiger partial charge in [-0.25, -0.2) is 0 Å². The first-order chi connectivity index (χ1) is 10.1. The normalized spacial score (nSPS) is 10.5. The predicted molar refractivity (Wildman–Crippen MR) is 88.3 cm³/mol. The quantitative estimate of drug-likeness (QED) is 0.696. The molecule has 0 atom stereocenters. The van der Waals surface area contributed by atoms with Crippen LogP contribution in [0.3, 0.4) is 0 Å². The number of nitrogens with two attached hydrogens (primary N) is 1. The molecule has 0 spiro atoms. The zero-order valence-electron chi connectivity index (χ0n) is 11.0. The summed E-state index contributed by atoms with van der Waals surface area (Å²) in [5.74, 6) is -0.169. The molecule has 0 fully saturated rings. The van der Waals surface area contributed by atoms with Gasteiger partial charge in [0.25, 0.3) is 5.91 Å². The number of aromatic nitrogens is 1. The fourth-order valence-corrected chi connectivity index (χ4v) is 2.36. The van der Waals surface area contributed by atoms with E-state index in [0.29, 0.717) is 22.5 Å². The highest BCUT2D eigenvalue weighted by atomic mass is 79.9. The van der Waals surface area contributed by atoms with E-state index in [4.69, 9.17) is 5.73 Å². The minimum Gasteiger partial charge on any atom is -0.397 e. The van der Waals surface area contributed by atoms with Gasteiger partial charge in [-0.05, 0) is 48.5 Å². The molecule has 0 aliphatic heterocycles. The molecular weight excluding hydrogens is 330 g/mol. The molecule has 0 aliphatic carbocycles. The van der Waals surface area contributed by atoms with Crippen LogP contribution in [0, 0.1) is 0 Å². The first kappa shape index (κ1) is 13.6. The van der Waals surface area contributed by atoms with Crippen molar-refractivity contribution < 1.29 is 4.79 Å². The largest absolute Gasteiger partial charge is 0.397 e. The summed E-state index contributed by atoms with van der Waals surface area (Å²) in [4.78, 5) is 16.5. The Morgan fingerprint density at radius 2 is 1.86 bits per heavy atom. The second kappa shape index (κ2) is 5.54. The molecule has 0 unspecified atom stereocenters. The minimum atomic E-state index is -0.169. The molecule has 0 saturated heterocycles. The second-order valence-corrected chi connectivity index (χ2v) is 5.48. The van der Waals surface area contributed by atoms with Gasteiger partial charge in [0.1, 0.15) is 0 Å². The smallest absolute Gasteiger partial charge is 0.255 e. The van der Waals surface area contributed by atoms with Gasteiger partial charge in [-0.15, -0.1) is 0 Å². The number of halogens is 1. The highest BCUT2D eigenvalue weighted by Crippen LogP contribution is 2.26. The molecule has 5 heteroatoms. The number of hydrogen-bond donors (Lipinski definition) is 2. The fraction of sp³-hybridized carbons (Fsp3) is 0. The lowest BCUT2D eigenvalue weighted by atomic mass is 10.1. The Hall–Kier alpha value is -2.40. The van der Waals surface area contributed by atoms with E-state index in [9.17, 15) is 4.79 Å². The van der Waals surface area contributed by atoms with Gasteiger partial charge in [-0.2, -0.15) is 0 Å². The number of amides is 1. The maximum atomic E-state index is 12.3. The summed E-state index contributed by atoms with van der Waals surface area (Å²) in [5, 5.41) is 3.72. The Balaban J connectivity index is 1.97. The summed E-state index contributed by atoms with van der Waals surface area (Å²) in [6, 6.07) is 14.4. The standard InChI is InChI=1S/C16H12BrN3O/c17-11-5-3-10(4-6-11)16(21)20-14-8-7-13(18)15-12(14)2-1-9-19-15/h1-9H,18H2,(H,20,21). The van der Waals surface area contributed by atoms with Gasteiger partial charge in [0.2, 0.25) is 0 Å². The molecule has 3 rings (SSSR count). The molecule has 1 amide bonds. The van der Waals surface area contributed by atoms with Crippen LogP contribution in [-0.2, 0) is 0 Å². The van der Waals surface area contributed by atoms with Gasteiger partial charge in [0.15, 0.2) is 0 Å². The van der Waals surface area contributed by atoms with Crippen molar-refractivity contribution >= 4 is 44.1 Å². The second-order valence-electron chi connectivity index (χ2n) is 4.56. The van der Waals surface area contributed by atoms with E-state index in [1.165, 1.54) is 0 Å². The molecule has 0 radical (unpaired) electrons. The predicted octanol–water partition coefficient (Wildman–Crippen LogP) is 3.83. The number of rotatable bonds is 2. The van der Waals surface area contributed by atoms with E-state index in [2.05, 4.69) is 26.2 Å². The molecule has 0 aliphatic rings. The van der Waals surface area contributed by atoms with Gasteiger partial charge >= 0.3 is 0 Å². The number of nitrogens with zero attached hydrogens (tertiary/aromatic N) is 1. The fourth-order valence-electron chi connectivity index (χ4n) is 2.10. The van der Waals surface area contributed by atoms with Crippen LogP contribution in [0.1, 0.15) is 10.4 Å². The number of nitrogen functional groups attached to an aromatic ring is 1. The SMILES string of the molecule is Nc1ccc(NC(=O)c2ccc(Br)cc2)c2cccnc12. The van der Waals surface area contributed by atoms with Crippen molar-refractivity contribution in [3.63, 3.8) is 0 Å². The van der Waals surface area contributed by atoms with E-state index < -0.39 is 0 Å². The zero-order valence-corrected chi connectivity index (χ0v) is 12.6. The van der Waals surface area contributed by atoms with E-state index in [-0.39, 0.29) is 5.91 Å². The van der Waals surface area contributed by atoms with Crippen molar-refractivity contribution in [3.8, 4) is 0 Å². The molecule has 21 heavy (non-hydrogen) atoms. The molecule has 1 heterocycles. The highest BCUT2D eigenvalue weighted by Gasteiger charge is 2.10. The van der Waals surface area contributed by atoms with Crippen molar-refractivity contribution in [2.24, 2.45) is 0 Å². The number of pyridine rings is 1. The van der Waals surface area contributed by atoms with Crippen molar-refractivity contribution in [1.82, 2.24) is 4.98 Å². The third-order valence-electron chi connectivity index (χ3n) is 3.16. The molecule has 0 saturated carbocycles. The van der Waals surface area contributed by atoms with Crippen LogP contribution in [0.4, 0.5) is 11.4 Å². The molecule has 2 aromatic carbocycles. The topological polar surface area (TPSA) is 68.0 Å². The summed E-state index contributed by atoms with van der Waals surface area (Å²) in [6.07, 6.45) is 1.68. The Morgan fingerprint density at radius 3 is 2.62 bits per heavy atom. The lowest BCUT2D eigenvalue weighted by Gasteiger charge is -2.10. The third kappa shape index (κ3) is 2.73. The third-order valence-corrected chi connectivity index (χ3v) is 3.68. The van der Waals surface area contributed by atoms with Crippen LogP contribution in [0.25, 0.3) is 10.9 Å². The lowest BCUT2D eigenvalue weighted by Crippen LogP contribution is -2.12. The molecule has 4 nitrogen and oxygen atoms in total. The Kier molecular flexibility index (Phi) is 3.58. The highest BCUT2D eigenvalue weighted by molar-refractivity contribution is 9.10. The molecular formula is C16H12BrN3O. The summed E-state index contributed by atoms with van der Waals surface area (Å²) in [5.41, 5.74) is 8.46. The van der Waals surface area contributed by atoms with E-state index in [1.54, 1.807) is 30.5 Å². The molecule has 3 N–H and O–H groups in total. The number of anilines is 2. The summed E-state index contributed by atoms with van der Waals surface area (Å²) in [7, 11) is 0. The van der Waals surface area contributed by atoms with E-state index in [0.717, 1.165) is 9.86 Å². The Labute approximate surface area is 130 Å². The first-order valence-corrected chi connectivity index (χ1v) is 7.14. The van der Waals surface area contributed by atoms with Gasteiger partial charge in [-0.1, -0.05) is 15.9 Å². The molecule has 1 aromatic heterocycles. The Bertz CT molecular complexity index is 815. The van der Waals surface area contributed by atoms with Crippen LogP contribution in [0.2, 0.25) is 0 Å². The van der Waals surface area contributed by atoms with Crippen LogP contribution in [0.15, 0.2) is 59.2 Å². The van der Waals surface area contributed by atoms with E-state index >= 15 is 0 Å². The average Bonchev–Trinajstić information content (AvgIpc) is 2.51. The van der Waals surface area contributed by atoms with Crippen molar-refractivity contribution in [1.29, 1.82) is 0 Å². The van der Waals surface area contributed by atoms with Crippen molar-refractivity contribution in [2.75, 3.05) is 11.1 Å². The van der Waals surface area contributed by atoms with Crippen molar-refractivity contribution in [3.05, 3.63) is 64.8 Å². The molecule has 104 valence electrons. The monoisotopic (exact) mass is 341 g/mol. The number of nitrogens with one attached hydrogen (secondary N) is 1. The zero-order chi connectivity index (χ0) is 14.8. The molecule has 3 aromatic rings. The number of benzene rings is 2. The number of fused-ring (bicyclic) bond motifs is 1. The first-order valence-electron chi connectivity index (χ1n) is 6.35. The van der Waals surface area contributed by atoms with Crippen LogP contribution >= 0.6 is 15.9 Å². The van der Waals surface area contributed by atoms with E-state index in [1.807, 2.05) is 24.3 Å². The number of carbonyl (C=O) groups is 1. The minimum absolute atomic E-state index is 0.169. The van der Waals surface area contributed by atoms with Crippen LogP contribution < -0.4 is 11.1 Å². The average molecular weight is 342 g/mol. The number of carbonyl (C=O) groups excluding carboxylic acids is 1. The Morgan fingerprint density at radius 1 is 1.10 bits per heavy atom. The molecule has 0 bridgehead atoms.